The van der Waals surface area contributed by atoms with Crippen LogP contribution in [0.3, 0.4) is 0 Å². The predicted molar refractivity (Wildman–Crippen MR) is 86.7 cm³/mol. The summed E-state index contributed by atoms with van der Waals surface area (Å²) < 4.78 is 39.1. The molecule has 128 valence electrons. The molecule has 1 atom stereocenters. The Balaban J connectivity index is 1.83. The highest BCUT2D eigenvalue weighted by molar-refractivity contribution is 6.31. The van der Waals surface area contributed by atoms with Crippen molar-refractivity contribution < 1.29 is 13.2 Å². The van der Waals surface area contributed by atoms with Crippen LogP contribution in [0.15, 0.2) is 42.7 Å². The lowest BCUT2D eigenvalue weighted by atomic mass is 10.0. The number of hydrogen-bond acceptors (Lipinski definition) is 3. The summed E-state index contributed by atoms with van der Waals surface area (Å²) in [4.78, 5) is 6.19. The molecule has 0 radical (unpaired) electrons. The third-order valence-electron chi connectivity index (χ3n) is 4.17. The van der Waals surface area contributed by atoms with E-state index in [4.69, 9.17) is 11.6 Å². The highest BCUT2D eigenvalue weighted by Gasteiger charge is 2.33. The van der Waals surface area contributed by atoms with E-state index in [0.29, 0.717) is 12.1 Å². The van der Waals surface area contributed by atoms with E-state index < -0.39 is 11.7 Å². The van der Waals surface area contributed by atoms with Gasteiger partial charge in [-0.2, -0.15) is 13.2 Å². The molecule has 2 aromatic rings. The standard InChI is InChI=1S/C17H17ClF3N3/c18-15-2-1-12(9-14(15)17(19,20)21)11-24-8-7-23-10-16(24)13-3-5-22-6-4-13/h1-6,9,16,23H,7-8,10-11H2. The Morgan fingerprint density at radius 2 is 1.96 bits per heavy atom. The van der Waals surface area contributed by atoms with Gasteiger partial charge in [0.15, 0.2) is 0 Å². The summed E-state index contributed by atoms with van der Waals surface area (Å²) in [6, 6.07) is 8.11. The molecule has 3 rings (SSSR count). The normalized spacial score (nSPS) is 19.4. The third-order valence-corrected chi connectivity index (χ3v) is 4.50. The maximum absolute atomic E-state index is 13.0. The van der Waals surface area contributed by atoms with Crippen LogP contribution in [-0.2, 0) is 12.7 Å². The van der Waals surface area contributed by atoms with Gasteiger partial charge < -0.3 is 5.32 Å². The van der Waals surface area contributed by atoms with Crippen molar-refractivity contribution in [2.75, 3.05) is 19.6 Å². The smallest absolute Gasteiger partial charge is 0.314 e. The minimum Gasteiger partial charge on any atom is -0.314 e. The molecule has 1 saturated heterocycles. The lowest BCUT2D eigenvalue weighted by Crippen LogP contribution is -2.45. The molecule has 0 aliphatic carbocycles. The van der Waals surface area contributed by atoms with E-state index in [2.05, 4.69) is 15.2 Å². The Hall–Kier alpha value is -1.63. The summed E-state index contributed by atoms with van der Waals surface area (Å²) in [6.07, 6.45) is -0.987. The van der Waals surface area contributed by atoms with Gasteiger partial charge in [0.1, 0.15) is 0 Å². The Kier molecular flexibility index (Phi) is 5.08. The number of benzene rings is 1. The van der Waals surface area contributed by atoms with Crippen LogP contribution in [-0.4, -0.2) is 29.5 Å². The Morgan fingerprint density at radius 1 is 1.21 bits per heavy atom. The topological polar surface area (TPSA) is 28.2 Å². The fraction of sp³-hybridized carbons (Fsp3) is 0.353. The molecule has 1 aromatic heterocycles. The van der Waals surface area contributed by atoms with Gasteiger partial charge in [0.05, 0.1) is 10.6 Å². The van der Waals surface area contributed by atoms with Gasteiger partial charge in [-0.1, -0.05) is 17.7 Å². The van der Waals surface area contributed by atoms with Crippen molar-refractivity contribution in [1.82, 2.24) is 15.2 Å². The predicted octanol–water partition coefficient (Wildman–Crippen LogP) is 3.90. The van der Waals surface area contributed by atoms with Crippen molar-refractivity contribution in [3.8, 4) is 0 Å². The van der Waals surface area contributed by atoms with E-state index >= 15 is 0 Å². The molecular formula is C17H17ClF3N3. The van der Waals surface area contributed by atoms with Gasteiger partial charge in [0, 0.05) is 44.6 Å². The van der Waals surface area contributed by atoms with Crippen LogP contribution in [0.25, 0.3) is 0 Å². The summed E-state index contributed by atoms with van der Waals surface area (Å²) in [7, 11) is 0. The first-order valence-electron chi connectivity index (χ1n) is 7.65. The first-order chi connectivity index (χ1) is 11.4. The molecule has 3 nitrogen and oxygen atoms in total. The Bertz CT molecular complexity index is 691. The summed E-state index contributed by atoms with van der Waals surface area (Å²) in [6.45, 7) is 2.76. The second-order valence-corrected chi connectivity index (χ2v) is 6.19. The van der Waals surface area contributed by atoms with Gasteiger partial charge in [-0.25, -0.2) is 0 Å². The van der Waals surface area contributed by atoms with Crippen LogP contribution in [0, 0.1) is 0 Å². The number of piperazine rings is 1. The van der Waals surface area contributed by atoms with E-state index in [0.717, 1.165) is 31.3 Å². The van der Waals surface area contributed by atoms with E-state index in [9.17, 15) is 13.2 Å². The van der Waals surface area contributed by atoms with Gasteiger partial charge in [-0.15, -0.1) is 0 Å². The monoisotopic (exact) mass is 355 g/mol. The summed E-state index contributed by atoms with van der Waals surface area (Å²) in [5, 5.41) is 3.06. The van der Waals surface area contributed by atoms with Crippen LogP contribution >= 0.6 is 11.6 Å². The molecule has 1 aliphatic rings. The van der Waals surface area contributed by atoms with E-state index in [1.54, 1.807) is 18.5 Å². The first kappa shape index (κ1) is 17.2. The van der Waals surface area contributed by atoms with Crippen LogP contribution in [0.2, 0.25) is 5.02 Å². The Morgan fingerprint density at radius 3 is 2.67 bits per heavy atom. The molecule has 7 heteroatoms. The average Bonchev–Trinajstić information content (AvgIpc) is 2.57. The van der Waals surface area contributed by atoms with Gasteiger partial charge in [-0.05, 0) is 35.4 Å². The van der Waals surface area contributed by atoms with Crippen molar-refractivity contribution in [1.29, 1.82) is 0 Å². The number of nitrogens with zero attached hydrogens (tertiary/aromatic N) is 2. The van der Waals surface area contributed by atoms with Crippen molar-refractivity contribution in [3.05, 3.63) is 64.4 Å². The maximum Gasteiger partial charge on any atom is 0.417 e. The molecular weight excluding hydrogens is 339 g/mol. The average molecular weight is 356 g/mol. The minimum atomic E-state index is -4.44. The van der Waals surface area contributed by atoms with E-state index in [1.165, 1.54) is 6.07 Å². The first-order valence-corrected chi connectivity index (χ1v) is 8.03. The van der Waals surface area contributed by atoms with Crippen molar-refractivity contribution in [3.63, 3.8) is 0 Å². The van der Waals surface area contributed by atoms with Gasteiger partial charge in [0.2, 0.25) is 0 Å². The number of halogens is 4. The molecule has 1 fully saturated rings. The molecule has 24 heavy (non-hydrogen) atoms. The summed E-state index contributed by atoms with van der Waals surface area (Å²) >= 11 is 5.70. The van der Waals surface area contributed by atoms with Crippen LogP contribution < -0.4 is 5.32 Å². The summed E-state index contributed by atoms with van der Waals surface area (Å²) in [5.74, 6) is 0. The maximum atomic E-state index is 13.0. The fourth-order valence-electron chi connectivity index (χ4n) is 2.97. The number of alkyl halides is 3. The molecule has 0 spiro atoms. The molecule has 1 aliphatic heterocycles. The van der Waals surface area contributed by atoms with Gasteiger partial charge in [0.25, 0.3) is 0 Å². The van der Waals surface area contributed by atoms with Crippen molar-refractivity contribution in [2.45, 2.75) is 18.8 Å². The SMILES string of the molecule is FC(F)(F)c1cc(CN2CCNCC2c2ccncc2)ccc1Cl. The molecule has 2 heterocycles. The molecule has 1 unspecified atom stereocenters. The highest BCUT2D eigenvalue weighted by atomic mass is 35.5. The van der Waals surface area contributed by atoms with E-state index in [-0.39, 0.29) is 11.1 Å². The van der Waals surface area contributed by atoms with Crippen LogP contribution in [0.5, 0.6) is 0 Å². The fourth-order valence-corrected chi connectivity index (χ4v) is 3.20. The Labute approximate surface area is 143 Å². The zero-order valence-corrected chi connectivity index (χ0v) is 13.6. The zero-order chi connectivity index (χ0) is 17.2. The number of hydrogen-bond donors (Lipinski definition) is 1. The molecule has 0 bridgehead atoms. The number of pyridine rings is 1. The lowest BCUT2D eigenvalue weighted by molar-refractivity contribution is -0.137. The van der Waals surface area contributed by atoms with Crippen molar-refractivity contribution >= 4 is 11.6 Å². The van der Waals surface area contributed by atoms with E-state index in [1.807, 2.05) is 12.1 Å². The minimum absolute atomic E-state index is 0.103. The largest absolute Gasteiger partial charge is 0.417 e. The second-order valence-electron chi connectivity index (χ2n) is 5.78. The number of rotatable bonds is 3. The van der Waals surface area contributed by atoms with Crippen molar-refractivity contribution in [2.24, 2.45) is 0 Å². The van der Waals surface area contributed by atoms with Crippen LogP contribution in [0.4, 0.5) is 13.2 Å². The number of aromatic nitrogens is 1. The number of nitrogens with one attached hydrogen (secondary N) is 1. The quantitative estimate of drug-likeness (QED) is 0.905. The van der Waals surface area contributed by atoms with Gasteiger partial charge in [-0.3, -0.25) is 9.88 Å². The third kappa shape index (κ3) is 3.88. The molecule has 1 aromatic carbocycles. The summed E-state index contributed by atoms with van der Waals surface area (Å²) in [5.41, 5.74) is 0.923. The molecule has 0 amide bonds. The molecule has 1 N–H and O–H groups in total. The van der Waals surface area contributed by atoms with Crippen LogP contribution in [0.1, 0.15) is 22.7 Å². The lowest BCUT2D eigenvalue weighted by Gasteiger charge is -2.36. The second kappa shape index (κ2) is 7.09. The zero-order valence-electron chi connectivity index (χ0n) is 12.9. The molecule has 0 saturated carbocycles. The van der Waals surface area contributed by atoms with Gasteiger partial charge >= 0.3 is 6.18 Å². The highest BCUT2D eigenvalue weighted by Crippen LogP contribution is 2.35.